The van der Waals surface area contributed by atoms with Crippen molar-refractivity contribution < 1.29 is 14.2 Å². The number of hydrogen-bond acceptors (Lipinski definition) is 7. The Morgan fingerprint density at radius 2 is 1.87 bits per heavy atom. The Labute approximate surface area is 186 Å². The van der Waals surface area contributed by atoms with Crippen LogP contribution in [0.25, 0.3) is 0 Å². The lowest BCUT2D eigenvalue weighted by Gasteiger charge is -2.17. The molecule has 0 atom stereocenters. The summed E-state index contributed by atoms with van der Waals surface area (Å²) >= 11 is 1.74. The minimum Gasteiger partial charge on any atom is -0.493 e. The normalized spacial score (nSPS) is 11.3. The van der Waals surface area contributed by atoms with Crippen LogP contribution in [0.4, 0.5) is 5.69 Å². The molecule has 9 nitrogen and oxygen atoms in total. The maximum absolute atomic E-state index is 5.45. The first-order chi connectivity index (χ1) is 15.0. The van der Waals surface area contributed by atoms with E-state index in [1.807, 2.05) is 30.7 Å². The number of methoxy groups -OCH3 is 3. The lowest BCUT2D eigenvalue weighted by atomic mass is 10.2. The fraction of sp³-hybridized carbons (Fsp3) is 0.381. The number of benzene rings is 1. The summed E-state index contributed by atoms with van der Waals surface area (Å²) in [5.74, 6) is 3.90. The highest BCUT2D eigenvalue weighted by molar-refractivity contribution is 7.09. The van der Waals surface area contributed by atoms with Crippen molar-refractivity contribution in [1.29, 1.82) is 0 Å². The topological polar surface area (TPSA) is 94.8 Å². The van der Waals surface area contributed by atoms with Crippen LogP contribution in [0.3, 0.4) is 0 Å². The summed E-state index contributed by atoms with van der Waals surface area (Å²) in [5, 5.41) is 17.1. The van der Waals surface area contributed by atoms with E-state index >= 15 is 0 Å². The Balaban J connectivity index is 1.81. The molecule has 0 fully saturated rings. The molecule has 0 amide bonds. The molecule has 2 heterocycles. The molecule has 3 aromatic rings. The van der Waals surface area contributed by atoms with Gasteiger partial charge in [0.25, 0.3) is 0 Å². The monoisotopic (exact) mass is 444 g/mol. The van der Waals surface area contributed by atoms with E-state index in [2.05, 4.69) is 38.3 Å². The summed E-state index contributed by atoms with van der Waals surface area (Å²) in [7, 11) is 6.68. The fourth-order valence-corrected chi connectivity index (χ4v) is 3.64. The molecule has 0 saturated heterocycles. The average Bonchev–Trinajstić information content (AvgIpc) is 3.41. The van der Waals surface area contributed by atoms with Gasteiger partial charge in [0.1, 0.15) is 12.4 Å². The van der Waals surface area contributed by atoms with Gasteiger partial charge in [-0.25, -0.2) is 4.99 Å². The lowest BCUT2D eigenvalue weighted by molar-refractivity contribution is 0.324. The van der Waals surface area contributed by atoms with Crippen molar-refractivity contribution in [2.24, 2.45) is 12.0 Å². The molecule has 0 saturated carbocycles. The molecule has 0 spiro atoms. The van der Waals surface area contributed by atoms with Crippen molar-refractivity contribution >= 4 is 23.0 Å². The molecule has 2 N–H and O–H groups in total. The van der Waals surface area contributed by atoms with Gasteiger partial charge in [-0.05, 0) is 24.8 Å². The summed E-state index contributed by atoms with van der Waals surface area (Å²) in [5.41, 5.74) is 0.756. The van der Waals surface area contributed by atoms with E-state index < -0.39 is 0 Å². The Morgan fingerprint density at radius 3 is 2.42 bits per heavy atom. The van der Waals surface area contributed by atoms with Gasteiger partial charge in [-0.3, -0.25) is 0 Å². The van der Waals surface area contributed by atoms with Gasteiger partial charge in [0.2, 0.25) is 5.75 Å². The number of rotatable bonds is 9. The van der Waals surface area contributed by atoms with Crippen LogP contribution in [0.15, 0.2) is 34.6 Å². The number of nitrogens with zero attached hydrogens (tertiary/aromatic N) is 4. The number of ether oxygens (including phenoxy) is 3. The molecule has 166 valence electrons. The van der Waals surface area contributed by atoms with Gasteiger partial charge in [-0.2, -0.15) is 0 Å². The number of guanidine groups is 1. The standard InChI is InChI=1S/C21H28N6O3S/c1-14-25-26-19(27(14)2)13-23-21(22-9-8-16-7-6-10-31-16)24-15-11-17(28-3)20(30-5)18(12-15)29-4/h6-7,10-12H,8-9,13H2,1-5H3,(H2,22,23,24). The SMILES string of the molecule is COc1cc(NC(=NCc2nnc(C)n2C)NCCc2cccs2)cc(OC)c1OC. The third kappa shape index (κ3) is 5.66. The van der Waals surface area contributed by atoms with Crippen molar-refractivity contribution in [2.75, 3.05) is 33.2 Å². The Kier molecular flexibility index (Phi) is 7.71. The minimum atomic E-state index is 0.385. The number of nitrogens with one attached hydrogen (secondary N) is 2. The Morgan fingerprint density at radius 1 is 1.13 bits per heavy atom. The lowest BCUT2D eigenvalue weighted by Crippen LogP contribution is -2.32. The molecule has 1 aromatic carbocycles. The zero-order chi connectivity index (χ0) is 22.2. The van der Waals surface area contributed by atoms with E-state index in [0.29, 0.717) is 29.8 Å². The third-order valence-electron chi connectivity index (χ3n) is 4.73. The molecule has 2 aromatic heterocycles. The van der Waals surface area contributed by atoms with Gasteiger partial charge in [0.05, 0.1) is 21.3 Å². The highest BCUT2D eigenvalue weighted by Crippen LogP contribution is 2.39. The second-order valence-corrected chi connectivity index (χ2v) is 7.71. The first-order valence-corrected chi connectivity index (χ1v) is 10.7. The van der Waals surface area contributed by atoms with E-state index in [1.54, 1.807) is 32.7 Å². The van der Waals surface area contributed by atoms with Crippen LogP contribution in [0, 0.1) is 6.92 Å². The molecule has 0 aliphatic heterocycles. The maximum Gasteiger partial charge on any atom is 0.203 e. The number of aryl methyl sites for hydroxylation is 1. The zero-order valence-corrected chi connectivity index (χ0v) is 19.2. The number of aliphatic imine (C=N–C) groups is 1. The molecular weight excluding hydrogens is 416 g/mol. The Hall–Kier alpha value is -3.27. The largest absolute Gasteiger partial charge is 0.493 e. The number of aromatic nitrogens is 3. The van der Waals surface area contributed by atoms with Crippen molar-refractivity contribution in [1.82, 2.24) is 20.1 Å². The second-order valence-electron chi connectivity index (χ2n) is 6.68. The summed E-state index contributed by atoms with van der Waals surface area (Å²) in [6.07, 6.45) is 0.899. The molecular formula is C21H28N6O3S. The zero-order valence-electron chi connectivity index (χ0n) is 18.4. The van der Waals surface area contributed by atoms with E-state index in [9.17, 15) is 0 Å². The van der Waals surface area contributed by atoms with Crippen LogP contribution in [0.5, 0.6) is 17.2 Å². The summed E-state index contributed by atoms with van der Waals surface area (Å²) in [6.45, 7) is 3.03. The van der Waals surface area contributed by atoms with Gasteiger partial charge in [-0.1, -0.05) is 6.07 Å². The van der Waals surface area contributed by atoms with Gasteiger partial charge >= 0.3 is 0 Å². The molecule has 0 radical (unpaired) electrons. The minimum absolute atomic E-state index is 0.385. The highest BCUT2D eigenvalue weighted by atomic mass is 32.1. The molecule has 10 heteroatoms. The maximum atomic E-state index is 5.45. The molecule has 3 rings (SSSR count). The molecule has 0 aliphatic carbocycles. The predicted octanol–water partition coefficient (Wildman–Crippen LogP) is 3.01. The highest BCUT2D eigenvalue weighted by Gasteiger charge is 2.14. The van der Waals surface area contributed by atoms with Gasteiger partial charge < -0.3 is 29.4 Å². The summed E-state index contributed by atoms with van der Waals surface area (Å²) < 4.78 is 18.2. The van der Waals surface area contributed by atoms with E-state index in [1.165, 1.54) is 4.88 Å². The molecule has 0 unspecified atom stereocenters. The van der Waals surface area contributed by atoms with E-state index in [4.69, 9.17) is 19.2 Å². The average molecular weight is 445 g/mol. The number of hydrogen-bond donors (Lipinski definition) is 2. The third-order valence-corrected chi connectivity index (χ3v) is 5.67. The Bertz CT molecular complexity index is 991. The van der Waals surface area contributed by atoms with E-state index in [0.717, 1.165) is 30.3 Å². The molecule has 0 aliphatic rings. The van der Waals surface area contributed by atoms with Crippen LogP contribution in [0.2, 0.25) is 0 Å². The van der Waals surface area contributed by atoms with Crippen LogP contribution in [0.1, 0.15) is 16.5 Å². The summed E-state index contributed by atoms with van der Waals surface area (Å²) in [4.78, 5) is 6.01. The van der Waals surface area contributed by atoms with Crippen LogP contribution in [-0.2, 0) is 20.0 Å². The quantitative estimate of drug-likeness (QED) is 0.387. The van der Waals surface area contributed by atoms with Crippen molar-refractivity contribution in [3.63, 3.8) is 0 Å². The van der Waals surface area contributed by atoms with Crippen molar-refractivity contribution in [2.45, 2.75) is 19.9 Å². The number of anilines is 1. The van der Waals surface area contributed by atoms with Crippen LogP contribution >= 0.6 is 11.3 Å². The second kappa shape index (κ2) is 10.7. The fourth-order valence-electron chi connectivity index (χ4n) is 2.93. The van der Waals surface area contributed by atoms with Crippen LogP contribution in [-0.4, -0.2) is 48.6 Å². The van der Waals surface area contributed by atoms with Gasteiger partial charge in [0.15, 0.2) is 23.3 Å². The van der Waals surface area contributed by atoms with Gasteiger partial charge in [-0.15, -0.1) is 21.5 Å². The van der Waals surface area contributed by atoms with Crippen LogP contribution < -0.4 is 24.8 Å². The van der Waals surface area contributed by atoms with Crippen molar-refractivity contribution in [3.05, 3.63) is 46.2 Å². The smallest absolute Gasteiger partial charge is 0.203 e. The number of thiophene rings is 1. The van der Waals surface area contributed by atoms with E-state index in [-0.39, 0.29) is 0 Å². The summed E-state index contributed by atoms with van der Waals surface area (Å²) in [6, 6.07) is 7.85. The predicted molar refractivity (Wildman–Crippen MR) is 123 cm³/mol. The molecule has 0 bridgehead atoms. The first kappa shape index (κ1) is 22.4. The van der Waals surface area contributed by atoms with Gasteiger partial charge in [0, 0.05) is 36.3 Å². The molecule has 31 heavy (non-hydrogen) atoms. The van der Waals surface area contributed by atoms with Crippen molar-refractivity contribution in [3.8, 4) is 17.2 Å². The first-order valence-electron chi connectivity index (χ1n) is 9.78.